The van der Waals surface area contributed by atoms with Crippen LogP contribution in [0, 0.1) is 13.8 Å². The van der Waals surface area contributed by atoms with Gasteiger partial charge in [-0.2, -0.15) is 0 Å². The maximum Gasteiger partial charge on any atom is 0.339 e. The van der Waals surface area contributed by atoms with Crippen LogP contribution in [0.5, 0.6) is 0 Å². The average molecular weight is 362 g/mol. The standard InChI is InChI=1S/C18H22N2O4S/c1-10-6-7-25-14(10)9-20(4)15(22)8-13-16(18(23)24-5)11(2)17(19-13)12(3)21/h6-7,19H,8-9H2,1-5H3. The van der Waals surface area contributed by atoms with Gasteiger partial charge in [0, 0.05) is 24.5 Å². The first-order chi connectivity index (χ1) is 11.8. The average Bonchev–Trinajstić information content (AvgIpc) is 3.10. The number of hydrogen-bond donors (Lipinski definition) is 1. The number of nitrogens with one attached hydrogen (secondary N) is 1. The van der Waals surface area contributed by atoms with E-state index in [9.17, 15) is 14.4 Å². The SMILES string of the molecule is COC(=O)c1c(CC(=O)N(C)Cc2sccc2C)[nH]c(C(C)=O)c1C. The van der Waals surface area contributed by atoms with Gasteiger partial charge in [-0.05, 0) is 36.4 Å². The number of amides is 1. The number of carbonyl (C=O) groups excluding carboxylic acids is 3. The Balaban J connectivity index is 2.25. The Morgan fingerprint density at radius 3 is 2.48 bits per heavy atom. The number of aromatic amines is 1. The third kappa shape index (κ3) is 3.99. The van der Waals surface area contributed by atoms with E-state index in [1.165, 1.54) is 14.0 Å². The van der Waals surface area contributed by atoms with Gasteiger partial charge in [-0.3, -0.25) is 9.59 Å². The number of ketones is 1. The number of hydrogen-bond acceptors (Lipinski definition) is 5. The molecule has 0 aliphatic rings. The van der Waals surface area contributed by atoms with Crippen LogP contribution in [0.1, 0.15) is 49.5 Å². The van der Waals surface area contributed by atoms with Gasteiger partial charge < -0.3 is 14.6 Å². The summed E-state index contributed by atoms with van der Waals surface area (Å²) in [5.74, 6) is -0.890. The quantitative estimate of drug-likeness (QED) is 0.633. The monoisotopic (exact) mass is 362 g/mol. The molecule has 0 saturated carbocycles. The van der Waals surface area contributed by atoms with Crippen LogP contribution in [0.2, 0.25) is 0 Å². The normalized spacial score (nSPS) is 10.6. The highest BCUT2D eigenvalue weighted by atomic mass is 32.1. The minimum Gasteiger partial charge on any atom is -0.465 e. The summed E-state index contributed by atoms with van der Waals surface area (Å²) in [5.41, 5.74) is 2.67. The number of carbonyl (C=O) groups is 3. The molecule has 2 aromatic heterocycles. The molecular weight excluding hydrogens is 340 g/mol. The lowest BCUT2D eigenvalue weighted by molar-refractivity contribution is -0.129. The maximum absolute atomic E-state index is 12.6. The van der Waals surface area contributed by atoms with Crippen molar-refractivity contribution in [3.63, 3.8) is 0 Å². The van der Waals surface area contributed by atoms with Crippen molar-refractivity contribution in [2.24, 2.45) is 0 Å². The fourth-order valence-electron chi connectivity index (χ4n) is 2.68. The van der Waals surface area contributed by atoms with Crippen molar-refractivity contribution in [1.29, 1.82) is 0 Å². The summed E-state index contributed by atoms with van der Waals surface area (Å²) in [6, 6.07) is 2.02. The molecule has 2 heterocycles. The number of Topliss-reactive ketones (excluding diaryl/α,β-unsaturated/α-hetero) is 1. The number of aryl methyl sites for hydroxylation is 1. The summed E-state index contributed by atoms with van der Waals surface area (Å²) in [7, 11) is 3.00. The Labute approximate surface area is 150 Å². The number of likely N-dealkylation sites (N-methyl/N-ethyl adjacent to an activating group) is 1. The molecule has 7 heteroatoms. The zero-order valence-electron chi connectivity index (χ0n) is 15.1. The Hall–Kier alpha value is -2.41. The third-order valence-electron chi connectivity index (χ3n) is 4.17. The molecule has 2 rings (SSSR count). The predicted molar refractivity (Wildman–Crippen MR) is 96.1 cm³/mol. The Kier molecular flexibility index (Phi) is 5.79. The number of aromatic nitrogens is 1. The molecule has 6 nitrogen and oxygen atoms in total. The highest BCUT2D eigenvalue weighted by Gasteiger charge is 2.25. The molecule has 0 radical (unpaired) electrons. The molecule has 0 unspecified atom stereocenters. The summed E-state index contributed by atoms with van der Waals surface area (Å²) in [5, 5.41) is 1.99. The van der Waals surface area contributed by atoms with Crippen LogP contribution >= 0.6 is 11.3 Å². The fourth-order valence-corrected chi connectivity index (χ4v) is 3.64. The van der Waals surface area contributed by atoms with Gasteiger partial charge in [0.2, 0.25) is 5.91 Å². The van der Waals surface area contributed by atoms with E-state index >= 15 is 0 Å². The van der Waals surface area contributed by atoms with E-state index in [0.29, 0.717) is 23.5 Å². The van der Waals surface area contributed by atoms with Crippen LogP contribution in [0.4, 0.5) is 0 Å². The van der Waals surface area contributed by atoms with Crippen LogP contribution in [0.25, 0.3) is 0 Å². The zero-order valence-corrected chi connectivity index (χ0v) is 15.9. The second kappa shape index (κ2) is 7.65. The molecule has 0 spiro atoms. The molecule has 134 valence electrons. The summed E-state index contributed by atoms with van der Waals surface area (Å²) in [4.78, 5) is 42.0. The lowest BCUT2D eigenvalue weighted by Gasteiger charge is -2.17. The van der Waals surface area contributed by atoms with Gasteiger partial charge in [0.1, 0.15) is 0 Å². The third-order valence-corrected chi connectivity index (χ3v) is 5.18. The van der Waals surface area contributed by atoms with Crippen LogP contribution < -0.4 is 0 Å². The van der Waals surface area contributed by atoms with Crippen molar-refractivity contribution in [2.45, 2.75) is 33.7 Å². The molecule has 2 aromatic rings. The second-order valence-corrected chi connectivity index (χ2v) is 6.98. The molecular formula is C18H22N2O4S. The first-order valence-corrected chi connectivity index (χ1v) is 8.71. The van der Waals surface area contributed by atoms with Crippen LogP contribution in [0.15, 0.2) is 11.4 Å². The van der Waals surface area contributed by atoms with Crippen molar-refractivity contribution in [1.82, 2.24) is 9.88 Å². The minimum atomic E-state index is -0.555. The molecule has 1 N–H and O–H groups in total. The summed E-state index contributed by atoms with van der Waals surface area (Å²) < 4.78 is 4.80. The molecule has 0 bridgehead atoms. The van der Waals surface area contributed by atoms with E-state index in [0.717, 1.165) is 10.4 Å². The van der Waals surface area contributed by atoms with Crippen LogP contribution in [-0.4, -0.2) is 41.7 Å². The minimum absolute atomic E-state index is 0.000520. The molecule has 0 aromatic carbocycles. The molecule has 0 atom stereocenters. The summed E-state index contributed by atoms with van der Waals surface area (Å²) in [6.45, 7) is 5.60. The fraction of sp³-hybridized carbons (Fsp3) is 0.389. The molecule has 0 aliphatic carbocycles. The van der Waals surface area contributed by atoms with Crippen molar-refractivity contribution in [2.75, 3.05) is 14.2 Å². The van der Waals surface area contributed by atoms with Crippen LogP contribution in [-0.2, 0) is 22.5 Å². The lowest BCUT2D eigenvalue weighted by atomic mass is 10.1. The van der Waals surface area contributed by atoms with Crippen molar-refractivity contribution in [3.05, 3.63) is 44.4 Å². The number of rotatable bonds is 6. The smallest absolute Gasteiger partial charge is 0.339 e. The van der Waals surface area contributed by atoms with Crippen LogP contribution in [0.3, 0.4) is 0 Å². The highest BCUT2D eigenvalue weighted by Crippen LogP contribution is 2.22. The van der Waals surface area contributed by atoms with Crippen molar-refractivity contribution >= 4 is 29.0 Å². The van der Waals surface area contributed by atoms with Crippen molar-refractivity contribution in [3.8, 4) is 0 Å². The van der Waals surface area contributed by atoms with E-state index in [4.69, 9.17) is 4.74 Å². The second-order valence-electron chi connectivity index (χ2n) is 5.98. The zero-order chi connectivity index (χ0) is 18.7. The molecule has 0 fully saturated rings. The number of methoxy groups -OCH3 is 1. The number of esters is 1. The van der Waals surface area contributed by atoms with Gasteiger partial charge in [0.05, 0.1) is 31.3 Å². The Morgan fingerprint density at radius 1 is 1.28 bits per heavy atom. The molecule has 25 heavy (non-hydrogen) atoms. The Morgan fingerprint density at radius 2 is 1.96 bits per heavy atom. The molecule has 0 saturated heterocycles. The topological polar surface area (TPSA) is 79.5 Å². The maximum atomic E-state index is 12.6. The summed E-state index contributed by atoms with van der Waals surface area (Å²) >= 11 is 1.60. The van der Waals surface area contributed by atoms with Gasteiger partial charge in [-0.15, -0.1) is 11.3 Å². The molecule has 1 amide bonds. The largest absolute Gasteiger partial charge is 0.465 e. The number of H-pyrrole nitrogens is 1. The van der Waals surface area contributed by atoms with Gasteiger partial charge in [0.15, 0.2) is 5.78 Å². The van der Waals surface area contributed by atoms with E-state index in [2.05, 4.69) is 4.98 Å². The van der Waals surface area contributed by atoms with E-state index in [1.54, 1.807) is 30.2 Å². The van der Waals surface area contributed by atoms with E-state index in [1.807, 2.05) is 18.4 Å². The van der Waals surface area contributed by atoms with Gasteiger partial charge in [0.25, 0.3) is 0 Å². The predicted octanol–water partition coefficient (Wildman–Crippen LogP) is 2.88. The lowest BCUT2D eigenvalue weighted by Crippen LogP contribution is -2.28. The van der Waals surface area contributed by atoms with Gasteiger partial charge in [-0.25, -0.2) is 4.79 Å². The van der Waals surface area contributed by atoms with Gasteiger partial charge in [-0.1, -0.05) is 0 Å². The van der Waals surface area contributed by atoms with E-state index in [-0.39, 0.29) is 23.7 Å². The van der Waals surface area contributed by atoms with Gasteiger partial charge >= 0.3 is 5.97 Å². The Bertz CT molecular complexity index is 819. The first-order valence-electron chi connectivity index (χ1n) is 7.83. The number of ether oxygens (including phenoxy) is 1. The number of thiophene rings is 1. The highest BCUT2D eigenvalue weighted by molar-refractivity contribution is 7.10. The van der Waals surface area contributed by atoms with Crippen molar-refractivity contribution < 1.29 is 19.1 Å². The molecule has 0 aliphatic heterocycles. The summed E-state index contributed by atoms with van der Waals surface area (Å²) in [6.07, 6.45) is -0.000520. The van der Waals surface area contributed by atoms with E-state index < -0.39 is 5.97 Å². The number of nitrogens with zero attached hydrogens (tertiary/aromatic N) is 1. The first kappa shape index (κ1) is 18.9.